The highest BCUT2D eigenvalue weighted by Crippen LogP contribution is 2.29. The lowest BCUT2D eigenvalue weighted by Gasteiger charge is -2.31. The number of para-hydroxylation sites is 1. The molecule has 0 radical (unpaired) electrons. The maximum absolute atomic E-state index is 12.9. The van der Waals surface area contributed by atoms with E-state index in [1.165, 1.54) is 11.1 Å². The standard InChI is InChI=1S/C26H24N2O2S/c29-25(21-12-10-20(11-13-21)18-19-6-2-1-3-7-19)28-16-14-22(15-17-28)30-26-27-23-8-4-5-9-24(23)31-26/h1-13,22H,14-18H2. The van der Waals surface area contributed by atoms with E-state index >= 15 is 0 Å². The first-order valence-corrected chi connectivity index (χ1v) is 11.5. The Morgan fingerprint density at radius 2 is 1.58 bits per heavy atom. The Kier molecular flexibility index (Phi) is 5.67. The summed E-state index contributed by atoms with van der Waals surface area (Å²) < 4.78 is 7.26. The minimum atomic E-state index is 0.102. The molecule has 156 valence electrons. The Hall–Kier alpha value is -3.18. The molecule has 0 atom stereocenters. The summed E-state index contributed by atoms with van der Waals surface area (Å²) in [5.41, 5.74) is 4.22. The van der Waals surface area contributed by atoms with Crippen molar-refractivity contribution in [3.8, 4) is 5.19 Å². The van der Waals surface area contributed by atoms with Gasteiger partial charge in [-0.2, -0.15) is 0 Å². The molecule has 4 nitrogen and oxygen atoms in total. The zero-order valence-electron chi connectivity index (χ0n) is 17.2. The molecule has 1 aromatic heterocycles. The SMILES string of the molecule is O=C(c1ccc(Cc2ccccc2)cc1)N1CCC(Oc2nc3ccccc3s2)CC1. The highest BCUT2D eigenvalue weighted by Gasteiger charge is 2.25. The van der Waals surface area contributed by atoms with Crippen LogP contribution in [0.25, 0.3) is 10.2 Å². The predicted molar refractivity (Wildman–Crippen MR) is 125 cm³/mol. The average molecular weight is 429 g/mol. The Morgan fingerprint density at radius 1 is 0.903 bits per heavy atom. The molecular weight excluding hydrogens is 404 g/mol. The zero-order valence-corrected chi connectivity index (χ0v) is 18.1. The number of amides is 1. The number of piperidine rings is 1. The van der Waals surface area contributed by atoms with Crippen LogP contribution in [0.5, 0.6) is 5.19 Å². The third-order valence-corrected chi connectivity index (χ3v) is 6.65. The first-order chi connectivity index (χ1) is 15.2. The summed E-state index contributed by atoms with van der Waals surface area (Å²) in [5.74, 6) is 0.102. The molecule has 0 bridgehead atoms. The fraction of sp³-hybridized carbons (Fsp3) is 0.231. The van der Waals surface area contributed by atoms with Gasteiger partial charge >= 0.3 is 0 Å². The van der Waals surface area contributed by atoms with Gasteiger partial charge in [0.05, 0.1) is 10.2 Å². The third kappa shape index (κ3) is 4.62. The predicted octanol–water partition coefficient (Wildman–Crippen LogP) is 5.57. The fourth-order valence-corrected chi connectivity index (χ4v) is 4.88. The average Bonchev–Trinajstić information content (AvgIpc) is 3.23. The second-order valence-corrected chi connectivity index (χ2v) is 8.91. The molecule has 0 spiro atoms. The summed E-state index contributed by atoms with van der Waals surface area (Å²) in [6, 6.07) is 26.5. The maximum Gasteiger partial charge on any atom is 0.274 e. The van der Waals surface area contributed by atoms with Crippen molar-refractivity contribution in [2.45, 2.75) is 25.4 Å². The smallest absolute Gasteiger partial charge is 0.274 e. The molecule has 2 heterocycles. The molecule has 1 aliphatic rings. The summed E-state index contributed by atoms with van der Waals surface area (Å²) >= 11 is 1.58. The minimum Gasteiger partial charge on any atom is -0.467 e. The number of carbonyl (C=O) groups excluding carboxylic acids is 1. The first-order valence-electron chi connectivity index (χ1n) is 10.7. The number of ether oxygens (including phenoxy) is 1. The molecule has 5 heteroatoms. The van der Waals surface area contributed by atoms with E-state index in [1.54, 1.807) is 11.3 Å². The molecule has 4 aromatic rings. The molecule has 1 amide bonds. The molecule has 0 saturated carbocycles. The largest absolute Gasteiger partial charge is 0.467 e. The number of aromatic nitrogens is 1. The van der Waals surface area contributed by atoms with Gasteiger partial charge in [-0.05, 0) is 41.8 Å². The Bertz CT molecular complexity index is 1130. The molecule has 0 N–H and O–H groups in total. The normalized spacial score (nSPS) is 14.6. The summed E-state index contributed by atoms with van der Waals surface area (Å²) in [5, 5.41) is 0.722. The molecule has 5 rings (SSSR count). The van der Waals surface area contributed by atoms with Gasteiger partial charge in [0.1, 0.15) is 6.10 Å². The summed E-state index contributed by atoms with van der Waals surface area (Å²) in [4.78, 5) is 19.4. The lowest BCUT2D eigenvalue weighted by molar-refractivity contribution is 0.0595. The lowest BCUT2D eigenvalue weighted by Crippen LogP contribution is -2.41. The quantitative estimate of drug-likeness (QED) is 0.417. The van der Waals surface area contributed by atoms with Crippen molar-refractivity contribution in [3.05, 3.63) is 95.6 Å². The van der Waals surface area contributed by atoms with E-state index in [1.807, 2.05) is 41.3 Å². The van der Waals surface area contributed by atoms with Crippen LogP contribution in [-0.4, -0.2) is 35.0 Å². The van der Waals surface area contributed by atoms with E-state index in [0.717, 1.165) is 40.2 Å². The van der Waals surface area contributed by atoms with Crippen LogP contribution in [0.3, 0.4) is 0 Å². The summed E-state index contributed by atoms with van der Waals surface area (Å²) in [7, 11) is 0. The fourth-order valence-electron chi connectivity index (χ4n) is 4.00. The third-order valence-electron chi connectivity index (χ3n) is 5.72. The highest BCUT2D eigenvalue weighted by molar-refractivity contribution is 7.20. The van der Waals surface area contributed by atoms with E-state index in [0.29, 0.717) is 13.1 Å². The van der Waals surface area contributed by atoms with Crippen LogP contribution in [0.2, 0.25) is 0 Å². The summed E-state index contributed by atoms with van der Waals surface area (Å²) in [6.07, 6.45) is 2.64. The molecule has 1 fully saturated rings. The van der Waals surface area contributed by atoms with Crippen LogP contribution < -0.4 is 4.74 Å². The van der Waals surface area contributed by atoms with Crippen LogP contribution >= 0.6 is 11.3 Å². The van der Waals surface area contributed by atoms with Crippen LogP contribution in [0.4, 0.5) is 0 Å². The van der Waals surface area contributed by atoms with Crippen LogP contribution in [0, 0.1) is 0 Å². The minimum absolute atomic E-state index is 0.102. The Morgan fingerprint density at radius 3 is 2.32 bits per heavy atom. The van der Waals surface area contributed by atoms with E-state index in [4.69, 9.17) is 4.74 Å². The Balaban J connectivity index is 1.16. The number of hydrogen-bond acceptors (Lipinski definition) is 4. The van der Waals surface area contributed by atoms with Gasteiger partial charge in [0.15, 0.2) is 0 Å². The number of likely N-dealkylation sites (tertiary alicyclic amines) is 1. The van der Waals surface area contributed by atoms with Gasteiger partial charge in [-0.3, -0.25) is 4.79 Å². The van der Waals surface area contributed by atoms with Gasteiger partial charge in [0.2, 0.25) is 0 Å². The lowest BCUT2D eigenvalue weighted by atomic mass is 10.0. The zero-order chi connectivity index (χ0) is 21.0. The molecule has 31 heavy (non-hydrogen) atoms. The van der Waals surface area contributed by atoms with E-state index in [-0.39, 0.29) is 12.0 Å². The monoisotopic (exact) mass is 428 g/mol. The molecule has 3 aromatic carbocycles. The number of hydrogen-bond donors (Lipinski definition) is 0. The second-order valence-electron chi connectivity index (χ2n) is 7.92. The molecule has 1 aliphatic heterocycles. The maximum atomic E-state index is 12.9. The molecule has 0 aliphatic carbocycles. The van der Waals surface area contributed by atoms with Gasteiger partial charge in [0.25, 0.3) is 11.1 Å². The molecule has 0 unspecified atom stereocenters. The Labute approximate surface area is 186 Å². The topological polar surface area (TPSA) is 42.4 Å². The number of fused-ring (bicyclic) bond motifs is 1. The number of carbonyl (C=O) groups is 1. The van der Waals surface area contributed by atoms with Crippen molar-refractivity contribution < 1.29 is 9.53 Å². The molecular formula is C26H24N2O2S. The highest BCUT2D eigenvalue weighted by atomic mass is 32.1. The summed E-state index contributed by atoms with van der Waals surface area (Å²) in [6.45, 7) is 1.42. The van der Waals surface area contributed by atoms with Crippen LogP contribution in [0.1, 0.15) is 34.3 Å². The second kappa shape index (κ2) is 8.90. The number of thiazole rings is 1. The number of nitrogens with zero attached hydrogens (tertiary/aromatic N) is 2. The molecule has 1 saturated heterocycles. The van der Waals surface area contributed by atoms with Crippen molar-refractivity contribution in [2.75, 3.05) is 13.1 Å². The van der Waals surface area contributed by atoms with Gasteiger partial charge in [-0.25, -0.2) is 4.98 Å². The number of rotatable bonds is 5. The van der Waals surface area contributed by atoms with Gasteiger partial charge in [-0.1, -0.05) is 65.9 Å². The van der Waals surface area contributed by atoms with Gasteiger partial charge < -0.3 is 9.64 Å². The van der Waals surface area contributed by atoms with Crippen molar-refractivity contribution in [1.29, 1.82) is 0 Å². The van der Waals surface area contributed by atoms with E-state index < -0.39 is 0 Å². The van der Waals surface area contributed by atoms with Crippen LogP contribution in [-0.2, 0) is 6.42 Å². The number of benzene rings is 3. The van der Waals surface area contributed by atoms with Crippen molar-refractivity contribution in [1.82, 2.24) is 9.88 Å². The van der Waals surface area contributed by atoms with Crippen LogP contribution in [0.15, 0.2) is 78.9 Å². The van der Waals surface area contributed by atoms with Gasteiger partial charge in [-0.15, -0.1) is 0 Å². The van der Waals surface area contributed by atoms with Crippen molar-refractivity contribution in [2.24, 2.45) is 0 Å². The van der Waals surface area contributed by atoms with E-state index in [9.17, 15) is 4.79 Å². The first kappa shape index (κ1) is 19.8. The van der Waals surface area contributed by atoms with E-state index in [2.05, 4.69) is 47.4 Å². The van der Waals surface area contributed by atoms with Gasteiger partial charge in [0, 0.05) is 31.5 Å². The van der Waals surface area contributed by atoms with Crippen molar-refractivity contribution >= 4 is 27.5 Å². The van der Waals surface area contributed by atoms with Crippen molar-refractivity contribution in [3.63, 3.8) is 0 Å².